The zero-order valence-corrected chi connectivity index (χ0v) is 7.50. The summed E-state index contributed by atoms with van der Waals surface area (Å²) in [6.45, 7) is 0. The zero-order chi connectivity index (χ0) is 8.34. The van der Waals surface area contributed by atoms with Crippen molar-refractivity contribution in [2.45, 2.75) is 43.7 Å². The standard InChI is InChI=1S/C10H18N2/c11-9-8-2-6-1-7(3-8)5-10(9,12)4-6/h6-9H,1-5,11-12H2/t6-,7-,8?,9-,10?/m1/s1. The second-order valence-electron chi connectivity index (χ2n) is 5.37. The lowest BCUT2D eigenvalue weighted by molar-refractivity contribution is -0.0189. The van der Waals surface area contributed by atoms with Crippen LogP contribution in [0.15, 0.2) is 0 Å². The van der Waals surface area contributed by atoms with Crippen molar-refractivity contribution < 1.29 is 0 Å². The lowest BCUT2D eigenvalue weighted by atomic mass is 9.51. The van der Waals surface area contributed by atoms with Gasteiger partial charge in [-0.1, -0.05) is 0 Å². The van der Waals surface area contributed by atoms with Gasteiger partial charge in [0.05, 0.1) is 0 Å². The molecule has 4 saturated carbocycles. The van der Waals surface area contributed by atoms with E-state index in [0.717, 1.165) is 17.8 Å². The van der Waals surface area contributed by atoms with Gasteiger partial charge in [0, 0.05) is 11.6 Å². The van der Waals surface area contributed by atoms with Crippen molar-refractivity contribution in [1.82, 2.24) is 0 Å². The third-order valence-electron chi connectivity index (χ3n) is 4.45. The van der Waals surface area contributed by atoms with Gasteiger partial charge in [-0.3, -0.25) is 0 Å². The molecule has 4 aliphatic carbocycles. The highest BCUT2D eigenvalue weighted by molar-refractivity contribution is 5.11. The smallest absolute Gasteiger partial charge is 0.0315 e. The summed E-state index contributed by atoms with van der Waals surface area (Å²) in [6.07, 6.45) is 6.61. The van der Waals surface area contributed by atoms with Crippen LogP contribution in [0.25, 0.3) is 0 Å². The molecule has 12 heavy (non-hydrogen) atoms. The lowest BCUT2D eigenvalue weighted by Gasteiger charge is -2.58. The summed E-state index contributed by atoms with van der Waals surface area (Å²) in [4.78, 5) is 0. The van der Waals surface area contributed by atoms with E-state index in [2.05, 4.69) is 0 Å². The minimum Gasteiger partial charge on any atom is -0.326 e. The fourth-order valence-electron chi connectivity index (χ4n) is 4.14. The van der Waals surface area contributed by atoms with E-state index >= 15 is 0 Å². The monoisotopic (exact) mass is 166 g/mol. The van der Waals surface area contributed by atoms with E-state index < -0.39 is 0 Å². The van der Waals surface area contributed by atoms with E-state index in [0.29, 0.717) is 6.04 Å². The molecule has 0 saturated heterocycles. The molecule has 0 spiro atoms. The molecule has 0 aromatic heterocycles. The number of rotatable bonds is 0. The van der Waals surface area contributed by atoms with Crippen LogP contribution in [0, 0.1) is 17.8 Å². The van der Waals surface area contributed by atoms with Crippen LogP contribution >= 0.6 is 0 Å². The SMILES string of the molecule is N[C@@H]1C2C[C@H]3C[C@H](C2)CC1(N)C3. The number of nitrogens with two attached hydrogens (primary N) is 2. The molecule has 0 aliphatic heterocycles. The normalized spacial score (nSPS) is 62.5. The maximum absolute atomic E-state index is 6.34. The Kier molecular flexibility index (Phi) is 1.25. The molecule has 4 N–H and O–H groups in total. The van der Waals surface area contributed by atoms with Crippen molar-refractivity contribution in [3.05, 3.63) is 0 Å². The molecular formula is C10H18N2. The van der Waals surface area contributed by atoms with Crippen LogP contribution in [0.1, 0.15) is 32.1 Å². The van der Waals surface area contributed by atoms with Gasteiger partial charge in [0.2, 0.25) is 0 Å². The summed E-state index contributed by atoms with van der Waals surface area (Å²) in [5.74, 6) is 2.61. The largest absolute Gasteiger partial charge is 0.326 e. The maximum Gasteiger partial charge on any atom is 0.0315 e. The molecule has 0 heterocycles. The molecule has 2 nitrogen and oxygen atoms in total. The van der Waals surface area contributed by atoms with Crippen LogP contribution in [0.4, 0.5) is 0 Å². The number of hydrogen-bond acceptors (Lipinski definition) is 2. The lowest BCUT2D eigenvalue weighted by Crippen LogP contribution is -2.68. The Morgan fingerprint density at radius 3 is 2.08 bits per heavy atom. The first-order valence-corrected chi connectivity index (χ1v) is 5.22. The highest BCUT2D eigenvalue weighted by Crippen LogP contribution is 2.53. The average molecular weight is 166 g/mol. The predicted octanol–water partition coefficient (Wildman–Crippen LogP) is 0.851. The molecule has 2 heteroatoms. The van der Waals surface area contributed by atoms with Crippen LogP contribution in [0.3, 0.4) is 0 Å². The van der Waals surface area contributed by atoms with Crippen LogP contribution in [0.5, 0.6) is 0 Å². The van der Waals surface area contributed by atoms with Gasteiger partial charge < -0.3 is 11.5 Å². The molecule has 0 amide bonds. The van der Waals surface area contributed by atoms with Crippen LogP contribution < -0.4 is 11.5 Å². The number of hydrogen-bond donors (Lipinski definition) is 2. The molecule has 3 atom stereocenters. The van der Waals surface area contributed by atoms with Gasteiger partial charge in [0.15, 0.2) is 0 Å². The quantitative estimate of drug-likeness (QED) is 0.560. The van der Waals surface area contributed by atoms with Crippen molar-refractivity contribution in [1.29, 1.82) is 0 Å². The van der Waals surface area contributed by atoms with Crippen molar-refractivity contribution in [3.63, 3.8) is 0 Å². The molecule has 0 radical (unpaired) electrons. The van der Waals surface area contributed by atoms with Gasteiger partial charge in [0.25, 0.3) is 0 Å². The third kappa shape index (κ3) is 0.775. The minimum atomic E-state index is 0.0365. The van der Waals surface area contributed by atoms with E-state index in [1.165, 1.54) is 32.1 Å². The van der Waals surface area contributed by atoms with Crippen molar-refractivity contribution in [2.24, 2.45) is 29.2 Å². The Bertz CT molecular complexity index is 200. The summed E-state index contributed by atoms with van der Waals surface area (Å²) in [5.41, 5.74) is 12.6. The topological polar surface area (TPSA) is 52.0 Å². The van der Waals surface area contributed by atoms with Gasteiger partial charge in [-0.15, -0.1) is 0 Å². The summed E-state index contributed by atoms with van der Waals surface area (Å²) < 4.78 is 0. The first-order valence-electron chi connectivity index (χ1n) is 5.22. The van der Waals surface area contributed by atoms with Crippen molar-refractivity contribution >= 4 is 0 Å². The zero-order valence-electron chi connectivity index (χ0n) is 7.50. The third-order valence-corrected chi connectivity index (χ3v) is 4.45. The van der Waals surface area contributed by atoms with E-state index in [4.69, 9.17) is 11.5 Å². The van der Waals surface area contributed by atoms with E-state index in [1.807, 2.05) is 0 Å². The summed E-state index contributed by atoms with van der Waals surface area (Å²) in [7, 11) is 0. The first kappa shape index (κ1) is 7.34. The van der Waals surface area contributed by atoms with Crippen molar-refractivity contribution in [2.75, 3.05) is 0 Å². The molecule has 0 aromatic rings. The van der Waals surface area contributed by atoms with Crippen LogP contribution in [0.2, 0.25) is 0 Å². The van der Waals surface area contributed by atoms with E-state index in [1.54, 1.807) is 0 Å². The molecule has 0 aromatic carbocycles. The maximum atomic E-state index is 6.34. The first-order chi connectivity index (χ1) is 5.67. The van der Waals surface area contributed by atoms with Gasteiger partial charge in [-0.2, -0.15) is 0 Å². The predicted molar refractivity (Wildman–Crippen MR) is 48.4 cm³/mol. The molecule has 4 fully saturated rings. The van der Waals surface area contributed by atoms with Crippen molar-refractivity contribution in [3.8, 4) is 0 Å². The van der Waals surface area contributed by atoms with Crippen LogP contribution in [-0.4, -0.2) is 11.6 Å². The molecule has 4 bridgehead atoms. The fourth-order valence-corrected chi connectivity index (χ4v) is 4.14. The molecule has 68 valence electrons. The average Bonchev–Trinajstić information content (AvgIpc) is 1.98. The Morgan fingerprint density at radius 2 is 1.58 bits per heavy atom. The molecule has 4 aliphatic rings. The Hall–Kier alpha value is -0.0800. The highest BCUT2D eigenvalue weighted by atomic mass is 14.9. The van der Waals surface area contributed by atoms with Gasteiger partial charge in [-0.05, 0) is 49.9 Å². The van der Waals surface area contributed by atoms with E-state index in [-0.39, 0.29) is 5.54 Å². The fraction of sp³-hybridized carbons (Fsp3) is 1.00. The van der Waals surface area contributed by atoms with Gasteiger partial charge in [-0.25, -0.2) is 0 Å². The van der Waals surface area contributed by atoms with Crippen LogP contribution in [-0.2, 0) is 0 Å². The summed E-state index contributed by atoms with van der Waals surface area (Å²) in [5, 5.41) is 0. The Morgan fingerprint density at radius 1 is 1.00 bits per heavy atom. The summed E-state index contributed by atoms with van der Waals surface area (Å²) in [6, 6.07) is 0.310. The van der Waals surface area contributed by atoms with E-state index in [9.17, 15) is 0 Å². The summed E-state index contributed by atoms with van der Waals surface area (Å²) >= 11 is 0. The van der Waals surface area contributed by atoms with Gasteiger partial charge >= 0.3 is 0 Å². The Labute approximate surface area is 73.7 Å². The van der Waals surface area contributed by atoms with Gasteiger partial charge in [0.1, 0.15) is 0 Å². The second kappa shape index (κ2) is 2.05. The molecule has 4 rings (SSSR count). The highest BCUT2D eigenvalue weighted by Gasteiger charge is 2.53. The second-order valence-corrected chi connectivity index (χ2v) is 5.37. The minimum absolute atomic E-state index is 0.0365. The molecule has 0 unspecified atom stereocenters. The Balaban J connectivity index is 1.97. The molecular weight excluding hydrogens is 148 g/mol.